The lowest BCUT2D eigenvalue weighted by Gasteiger charge is -2.12. The van der Waals surface area contributed by atoms with Gasteiger partial charge in [0.1, 0.15) is 5.82 Å². The zero-order chi connectivity index (χ0) is 9.84. The Morgan fingerprint density at radius 2 is 2.15 bits per heavy atom. The van der Waals surface area contributed by atoms with Crippen LogP contribution in [0.25, 0.3) is 0 Å². The van der Waals surface area contributed by atoms with Crippen molar-refractivity contribution >= 4 is 5.69 Å². The molecule has 13 heavy (non-hydrogen) atoms. The van der Waals surface area contributed by atoms with Crippen LogP contribution in [0.4, 0.5) is 10.1 Å². The van der Waals surface area contributed by atoms with Crippen LogP contribution in [0, 0.1) is 5.82 Å². The van der Waals surface area contributed by atoms with Crippen LogP contribution in [-0.4, -0.2) is 0 Å². The van der Waals surface area contributed by atoms with Crippen molar-refractivity contribution in [2.45, 2.75) is 25.8 Å². The standard InChI is InChI=1S/C10H15FN2/c1-2-3-9(12)8-5-4-7(11)6-10(8)13/h4-6,9H,2-3,12-13H2,1H3. The molecule has 0 aliphatic carbocycles. The molecule has 1 aromatic carbocycles. The molecule has 0 radical (unpaired) electrons. The van der Waals surface area contributed by atoms with Crippen LogP contribution >= 0.6 is 0 Å². The molecule has 1 unspecified atom stereocenters. The van der Waals surface area contributed by atoms with Crippen LogP contribution < -0.4 is 11.5 Å². The van der Waals surface area contributed by atoms with Crippen LogP contribution in [-0.2, 0) is 0 Å². The smallest absolute Gasteiger partial charge is 0.125 e. The van der Waals surface area contributed by atoms with Crippen LogP contribution in [0.5, 0.6) is 0 Å². The van der Waals surface area contributed by atoms with E-state index in [1.54, 1.807) is 6.07 Å². The topological polar surface area (TPSA) is 52.0 Å². The van der Waals surface area contributed by atoms with Crippen molar-refractivity contribution in [3.8, 4) is 0 Å². The van der Waals surface area contributed by atoms with Crippen molar-refractivity contribution in [1.82, 2.24) is 0 Å². The van der Waals surface area contributed by atoms with Crippen LogP contribution in [0.15, 0.2) is 18.2 Å². The summed E-state index contributed by atoms with van der Waals surface area (Å²) in [6, 6.07) is 4.28. The molecule has 72 valence electrons. The number of anilines is 1. The van der Waals surface area contributed by atoms with E-state index in [1.807, 2.05) is 0 Å². The van der Waals surface area contributed by atoms with Crippen molar-refractivity contribution < 1.29 is 4.39 Å². The lowest BCUT2D eigenvalue weighted by Crippen LogP contribution is -2.12. The summed E-state index contributed by atoms with van der Waals surface area (Å²) in [6.45, 7) is 2.06. The molecule has 0 aliphatic rings. The van der Waals surface area contributed by atoms with E-state index in [0.717, 1.165) is 18.4 Å². The Kier molecular flexibility index (Phi) is 3.25. The molecule has 0 saturated heterocycles. The van der Waals surface area contributed by atoms with Gasteiger partial charge in [-0.2, -0.15) is 0 Å². The summed E-state index contributed by atoms with van der Waals surface area (Å²) in [6.07, 6.45) is 1.87. The molecule has 1 atom stereocenters. The number of nitrogen functional groups attached to an aromatic ring is 1. The molecule has 0 spiro atoms. The molecular formula is C10H15FN2. The quantitative estimate of drug-likeness (QED) is 0.704. The molecule has 4 N–H and O–H groups in total. The summed E-state index contributed by atoms with van der Waals surface area (Å²) < 4.78 is 12.7. The Morgan fingerprint density at radius 1 is 1.46 bits per heavy atom. The third-order valence-corrected chi connectivity index (χ3v) is 2.05. The Balaban J connectivity index is 2.88. The van der Waals surface area contributed by atoms with E-state index < -0.39 is 0 Å². The summed E-state index contributed by atoms with van der Waals surface area (Å²) in [7, 11) is 0. The lowest BCUT2D eigenvalue weighted by atomic mass is 10.0. The van der Waals surface area contributed by atoms with Gasteiger partial charge in [-0.05, 0) is 24.1 Å². The fourth-order valence-electron chi connectivity index (χ4n) is 1.35. The van der Waals surface area contributed by atoms with E-state index in [1.165, 1.54) is 12.1 Å². The van der Waals surface area contributed by atoms with Gasteiger partial charge in [0.05, 0.1) is 0 Å². The van der Waals surface area contributed by atoms with Crippen molar-refractivity contribution in [3.63, 3.8) is 0 Å². The van der Waals surface area contributed by atoms with Crippen molar-refractivity contribution in [3.05, 3.63) is 29.6 Å². The van der Waals surface area contributed by atoms with Gasteiger partial charge in [0, 0.05) is 11.7 Å². The Hall–Kier alpha value is -1.09. The highest BCUT2D eigenvalue weighted by molar-refractivity contribution is 5.48. The van der Waals surface area contributed by atoms with Gasteiger partial charge in [-0.15, -0.1) is 0 Å². The highest BCUT2D eigenvalue weighted by Gasteiger charge is 2.08. The second-order valence-corrected chi connectivity index (χ2v) is 3.17. The molecule has 0 aromatic heterocycles. The first-order valence-corrected chi connectivity index (χ1v) is 4.45. The largest absolute Gasteiger partial charge is 0.398 e. The Morgan fingerprint density at radius 3 is 2.69 bits per heavy atom. The van der Waals surface area contributed by atoms with E-state index in [9.17, 15) is 4.39 Å². The second kappa shape index (κ2) is 4.23. The number of hydrogen-bond acceptors (Lipinski definition) is 2. The van der Waals surface area contributed by atoms with Crippen molar-refractivity contribution in [2.75, 3.05) is 5.73 Å². The third kappa shape index (κ3) is 2.42. The summed E-state index contributed by atoms with van der Waals surface area (Å²) in [5.74, 6) is -0.315. The summed E-state index contributed by atoms with van der Waals surface area (Å²) in [5, 5.41) is 0. The molecule has 3 heteroatoms. The highest BCUT2D eigenvalue weighted by Crippen LogP contribution is 2.22. The molecule has 0 amide bonds. The zero-order valence-corrected chi connectivity index (χ0v) is 7.76. The lowest BCUT2D eigenvalue weighted by molar-refractivity contribution is 0.618. The predicted molar refractivity (Wildman–Crippen MR) is 52.6 cm³/mol. The molecular weight excluding hydrogens is 167 g/mol. The van der Waals surface area contributed by atoms with Crippen LogP contribution in [0.3, 0.4) is 0 Å². The summed E-state index contributed by atoms with van der Waals surface area (Å²) in [4.78, 5) is 0. The van der Waals surface area contributed by atoms with Gasteiger partial charge in [-0.3, -0.25) is 0 Å². The molecule has 0 fully saturated rings. The maximum atomic E-state index is 12.7. The maximum absolute atomic E-state index is 12.7. The SMILES string of the molecule is CCCC(N)c1ccc(F)cc1N. The summed E-state index contributed by atoms with van der Waals surface area (Å²) in [5.41, 5.74) is 12.8. The van der Waals surface area contributed by atoms with Gasteiger partial charge in [0.25, 0.3) is 0 Å². The average Bonchev–Trinajstić information content (AvgIpc) is 2.04. The fourth-order valence-corrected chi connectivity index (χ4v) is 1.35. The second-order valence-electron chi connectivity index (χ2n) is 3.17. The van der Waals surface area contributed by atoms with Crippen LogP contribution in [0.1, 0.15) is 31.4 Å². The molecule has 0 bridgehead atoms. The monoisotopic (exact) mass is 182 g/mol. The van der Waals surface area contributed by atoms with E-state index in [2.05, 4.69) is 6.92 Å². The number of halogens is 1. The summed E-state index contributed by atoms with van der Waals surface area (Å²) >= 11 is 0. The van der Waals surface area contributed by atoms with E-state index in [4.69, 9.17) is 11.5 Å². The Bertz CT molecular complexity index is 286. The predicted octanol–water partition coefficient (Wildman–Crippen LogP) is 2.21. The molecule has 0 saturated carbocycles. The van der Waals surface area contributed by atoms with E-state index in [-0.39, 0.29) is 11.9 Å². The minimum absolute atomic E-state index is 0.0781. The maximum Gasteiger partial charge on any atom is 0.125 e. The number of benzene rings is 1. The van der Waals surface area contributed by atoms with Gasteiger partial charge in [0.2, 0.25) is 0 Å². The third-order valence-electron chi connectivity index (χ3n) is 2.05. The van der Waals surface area contributed by atoms with Gasteiger partial charge in [-0.1, -0.05) is 19.4 Å². The number of hydrogen-bond donors (Lipinski definition) is 2. The molecule has 2 nitrogen and oxygen atoms in total. The minimum atomic E-state index is -0.315. The number of nitrogens with two attached hydrogens (primary N) is 2. The highest BCUT2D eigenvalue weighted by atomic mass is 19.1. The molecule has 1 aromatic rings. The normalized spacial score (nSPS) is 12.8. The fraction of sp³-hybridized carbons (Fsp3) is 0.400. The molecule has 1 rings (SSSR count). The van der Waals surface area contributed by atoms with Gasteiger partial charge < -0.3 is 11.5 Å². The molecule has 0 aliphatic heterocycles. The van der Waals surface area contributed by atoms with E-state index in [0.29, 0.717) is 5.69 Å². The van der Waals surface area contributed by atoms with Gasteiger partial charge in [-0.25, -0.2) is 4.39 Å². The Labute approximate surface area is 77.7 Å². The van der Waals surface area contributed by atoms with Gasteiger partial charge >= 0.3 is 0 Å². The van der Waals surface area contributed by atoms with Crippen molar-refractivity contribution in [2.24, 2.45) is 5.73 Å². The van der Waals surface area contributed by atoms with Crippen molar-refractivity contribution in [1.29, 1.82) is 0 Å². The van der Waals surface area contributed by atoms with E-state index >= 15 is 0 Å². The number of rotatable bonds is 3. The molecule has 0 heterocycles. The van der Waals surface area contributed by atoms with Gasteiger partial charge in [0.15, 0.2) is 0 Å². The average molecular weight is 182 g/mol. The first kappa shape index (κ1) is 9.99. The van der Waals surface area contributed by atoms with Crippen LogP contribution in [0.2, 0.25) is 0 Å². The first-order valence-electron chi connectivity index (χ1n) is 4.45. The minimum Gasteiger partial charge on any atom is -0.398 e. The zero-order valence-electron chi connectivity index (χ0n) is 7.76. The first-order chi connectivity index (χ1) is 6.15.